The highest BCUT2D eigenvalue weighted by molar-refractivity contribution is 5.72. The van der Waals surface area contributed by atoms with Crippen LogP contribution in [0.1, 0.15) is 5.56 Å². The number of carbonyl (C=O) groups is 1. The molecular formula is C12H16O5. The minimum atomic E-state index is -1.05. The number of carboxylic acids is 1. The zero-order chi connectivity index (χ0) is 12.7. The number of carboxylic acid groups (broad SMARTS) is 1. The van der Waals surface area contributed by atoms with Gasteiger partial charge in [-0.2, -0.15) is 0 Å². The normalized spacial score (nSPS) is 12.1. The van der Waals surface area contributed by atoms with Crippen molar-refractivity contribution in [3.05, 3.63) is 29.8 Å². The van der Waals surface area contributed by atoms with E-state index in [0.717, 1.165) is 5.56 Å². The Bertz CT molecular complexity index is 364. The number of rotatable bonds is 7. The molecule has 0 radical (unpaired) electrons. The third-order valence-electron chi connectivity index (χ3n) is 2.08. The Morgan fingerprint density at radius 2 is 2.12 bits per heavy atom. The molecule has 0 fully saturated rings. The van der Waals surface area contributed by atoms with Crippen LogP contribution in [0.3, 0.4) is 0 Å². The molecule has 0 amide bonds. The van der Waals surface area contributed by atoms with Crippen molar-refractivity contribution in [3.63, 3.8) is 0 Å². The Morgan fingerprint density at radius 3 is 2.71 bits per heavy atom. The monoisotopic (exact) mass is 240 g/mol. The molecule has 5 nitrogen and oxygen atoms in total. The molecule has 0 aliphatic rings. The van der Waals surface area contributed by atoms with Crippen LogP contribution >= 0.6 is 0 Å². The summed E-state index contributed by atoms with van der Waals surface area (Å²) >= 11 is 0. The minimum Gasteiger partial charge on any atom is -0.478 e. The van der Waals surface area contributed by atoms with Gasteiger partial charge in [0.05, 0.1) is 13.2 Å². The molecule has 5 heteroatoms. The average Bonchev–Trinajstić information content (AvgIpc) is 2.29. The fraction of sp³-hybridized carbons (Fsp3) is 0.417. The zero-order valence-electron chi connectivity index (χ0n) is 9.88. The van der Waals surface area contributed by atoms with E-state index in [1.54, 1.807) is 25.3 Å². The van der Waals surface area contributed by atoms with Gasteiger partial charge in [0.25, 0.3) is 0 Å². The van der Waals surface area contributed by atoms with Crippen LogP contribution in [0.5, 0.6) is 5.75 Å². The predicted molar refractivity (Wildman–Crippen MR) is 61.1 cm³/mol. The third-order valence-corrected chi connectivity index (χ3v) is 2.08. The number of ether oxygens (including phenoxy) is 3. The molecule has 0 bridgehead atoms. The van der Waals surface area contributed by atoms with Crippen LogP contribution in [-0.4, -0.2) is 38.0 Å². The van der Waals surface area contributed by atoms with Gasteiger partial charge in [-0.25, -0.2) is 4.79 Å². The summed E-state index contributed by atoms with van der Waals surface area (Å²) in [5, 5.41) is 8.91. The topological polar surface area (TPSA) is 65.0 Å². The Labute approximate surface area is 99.9 Å². The lowest BCUT2D eigenvalue weighted by Gasteiger charge is -2.14. The van der Waals surface area contributed by atoms with Crippen LogP contribution in [0, 0.1) is 0 Å². The molecular weight excluding hydrogens is 224 g/mol. The largest absolute Gasteiger partial charge is 0.478 e. The van der Waals surface area contributed by atoms with E-state index in [-0.39, 0.29) is 6.61 Å². The Morgan fingerprint density at radius 1 is 1.35 bits per heavy atom. The maximum atomic E-state index is 10.9. The van der Waals surface area contributed by atoms with Crippen molar-refractivity contribution in [2.24, 2.45) is 0 Å². The van der Waals surface area contributed by atoms with Gasteiger partial charge >= 0.3 is 5.97 Å². The Balaban J connectivity index is 2.71. The molecule has 0 aliphatic heterocycles. The number of benzene rings is 1. The molecule has 94 valence electrons. The van der Waals surface area contributed by atoms with Gasteiger partial charge in [-0.05, 0) is 17.7 Å². The van der Waals surface area contributed by atoms with Crippen molar-refractivity contribution >= 4 is 5.97 Å². The van der Waals surface area contributed by atoms with Crippen molar-refractivity contribution in [1.29, 1.82) is 0 Å². The summed E-state index contributed by atoms with van der Waals surface area (Å²) in [5.41, 5.74) is 0.923. The fourth-order valence-corrected chi connectivity index (χ4v) is 1.35. The van der Waals surface area contributed by atoms with Gasteiger partial charge in [-0.3, -0.25) is 0 Å². The summed E-state index contributed by atoms with van der Waals surface area (Å²) in [6.45, 7) is 0.461. The smallest absolute Gasteiger partial charge is 0.347 e. The first-order chi connectivity index (χ1) is 8.17. The molecule has 0 aliphatic carbocycles. The van der Waals surface area contributed by atoms with E-state index in [1.807, 2.05) is 6.07 Å². The van der Waals surface area contributed by atoms with Gasteiger partial charge in [-0.1, -0.05) is 12.1 Å². The quantitative estimate of drug-likeness (QED) is 0.778. The highest BCUT2D eigenvalue weighted by Gasteiger charge is 2.19. The van der Waals surface area contributed by atoms with Crippen molar-refractivity contribution in [3.8, 4) is 5.75 Å². The lowest BCUT2D eigenvalue weighted by atomic mass is 10.2. The summed E-state index contributed by atoms with van der Waals surface area (Å²) in [6.07, 6.45) is -1.00. The zero-order valence-corrected chi connectivity index (χ0v) is 9.88. The van der Waals surface area contributed by atoms with Gasteiger partial charge in [0, 0.05) is 14.2 Å². The van der Waals surface area contributed by atoms with Crippen LogP contribution in [0.25, 0.3) is 0 Å². The molecule has 0 saturated heterocycles. The second kappa shape index (κ2) is 6.88. The highest BCUT2D eigenvalue weighted by Crippen LogP contribution is 2.15. The highest BCUT2D eigenvalue weighted by atomic mass is 16.5. The van der Waals surface area contributed by atoms with Crippen LogP contribution in [0.4, 0.5) is 0 Å². The molecule has 0 aromatic heterocycles. The minimum absolute atomic E-state index is 0.00381. The fourth-order valence-electron chi connectivity index (χ4n) is 1.35. The molecule has 0 heterocycles. The number of aliphatic carboxylic acids is 1. The van der Waals surface area contributed by atoms with Gasteiger partial charge in [-0.15, -0.1) is 0 Å². The molecule has 1 rings (SSSR count). The number of hydrogen-bond donors (Lipinski definition) is 1. The first kappa shape index (κ1) is 13.5. The van der Waals surface area contributed by atoms with E-state index in [0.29, 0.717) is 12.4 Å². The van der Waals surface area contributed by atoms with E-state index in [9.17, 15) is 4.79 Å². The van der Waals surface area contributed by atoms with Crippen LogP contribution in [0.15, 0.2) is 24.3 Å². The molecule has 1 N–H and O–H groups in total. The SMILES string of the molecule is COCc1cccc(OC(COC)C(=O)O)c1. The summed E-state index contributed by atoms with van der Waals surface area (Å²) in [6, 6.07) is 7.11. The van der Waals surface area contributed by atoms with Crippen molar-refractivity contribution < 1.29 is 24.1 Å². The average molecular weight is 240 g/mol. The molecule has 1 unspecified atom stereocenters. The summed E-state index contributed by atoms with van der Waals surface area (Å²) in [4.78, 5) is 10.9. The molecule has 0 spiro atoms. The molecule has 17 heavy (non-hydrogen) atoms. The Hall–Kier alpha value is -1.59. The lowest BCUT2D eigenvalue weighted by Crippen LogP contribution is -2.31. The number of hydrogen-bond acceptors (Lipinski definition) is 4. The maximum Gasteiger partial charge on any atom is 0.347 e. The number of methoxy groups -OCH3 is 2. The summed E-state index contributed by atoms with van der Waals surface area (Å²) < 4.78 is 15.1. The van der Waals surface area contributed by atoms with Gasteiger partial charge in [0.1, 0.15) is 5.75 Å². The van der Waals surface area contributed by atoms with Gasteiger partial charge in [0.2, 0.25) is 6.10 Å². The molecule has 1 atom stereocenters. The van der Waals surface area contributed by atoms with Crippen molar-refractivity contribution in [1.82, 2.24) is 0 Å². The van der Waals surface area contributed by atoms with E-state index < -0.39 is 12.1 Å². The van der Waals surface area contributed by atoms with Crippen LogP contribution < -0.4 is 4.74 Å². The first-order valence-electron chi connectivity index (χ1n) is 5.13. The summed E-state index contributed by atoms with van der Waals surface area (Å²) in [5.74, 6) is -0.562. The van der Waals surface area contributed by atoms with E-state index >= 15 is 0 Å². The predicted octanol–water partition coefficient (Wildman–Crippen LogP) is 1.31. The van der Waals surface area contributed by atoms with Gasteiger partial charge in [0.15, 0.2) is 0 Å². The lowest BCUT2D eigenvalue weighted by molar-refractivity contribution is -0.147. The maximum absolute atomic E-state index is 10.9. The van der Waals surface area contributed by atoms with E-state index in [2.05, 4.69) is 0 Å². The van der Waals surface area contributed by atoms with Crippen LogP contribution in [0.2, 0.25) is 0 Å². The van der Waals surface area contributed by atoms with Crippen molar-refractivity contribution in [2.45, 2.75) is 12.7 Å². The van der Waals surface area contributed by atoms with E-state index in [4.69, 9.17) is 19.3 Å². The molecule has 1 aromatic rings. The first-order valence-corrected chi connectivity index (χ1v) is 5.13. The third kappa shape index (κ3) is 4.42. The van der Waals surface area contributed by atoms with Gasteiger partial charge < -0.3 is 19.3 Å². The molecule has 1 aromatic carbocycles. The Kier molecular flexibility index (Phi) is 5.45. The molecule has 0 saturated carbocycles. The summed E-state index contributed by atoms with van der Waals surface area (Å²) in [7, 11) is 3.03. The standard InChI is InChI=1S/C12H16O5/c1-15-7-9-4-3-5-10(6-9)17-11(8-16-2)12(13)14/h3-6,11H,7-8H2,1-2H3,(H,13,14). The second-order valence-electron chi connectivity index (χ2n) is 3.48. The van der Waals surface area contributed by atoms with Crippen LogP contribution in [-0.2, 0) is 20.9 Å². The van der Waals surface area contributed by atoms with E-state index in [1.165, 1.54) is 7.11 Å². The second-order valence-corrected chi connectivity index (χ2v) is 3.48. The van der Waals surface area contributed by atoms with Crippen molar-refractivity contribution in [2.75, 3.05) is 20.8 Å².